The molecule has 108 valence electrons. The Morgan fingerprint density at radius 3 is 2.89 bits per heavy atom. The van der Waals surface area contributed by atoms with Gasteiger partial charge in [-0.15, -0.1) is 0 Å². The Bertz CT molecular complexity index is 526. The minimum Gasteiger partial charge on any atom is -0.464 e. The molecule has 0 saturated heterocycles. The fourth-order valence-corrected chi connectivity index (χ4v) is 3.38. The van der Waals surface area contributed by atoms with E-state index in [1.165, 1.54) is 13.2 Å². The molecule has 0 amide bonds. The van der Waals surface area contributed by atoms with Gasteiger partial charge in [0.05, 0.1) is 7.11 Å². The van der Waals surface area contributed by atoms with Gasteiger partial charge in [-0.1, -0.05) is 5.16 Å². The van der Waals surface area contributed by atoms with Crippen molar-refractivity contribution in [1.82, 2.24) is 9.88 Å². The number of hydrogen-bond donors (Lipinski definition) is 1. The lowest BCUT2D eigenvalue weighted by Crippen LogP contribution is -2.35. The largest absolute Gasteiger partial charge is 0.464 e. The van der Waals surface area contributed by atoms with Crippen molar-refractivity contribution >= 4 is 27.8 Å². The maximum absolute atomic E-state index is 11.8. The Morgan fingerprint density at radius 1 is 1.63 bits per heavy atom. The maximum Gasteiger partial charge on any atom is 0.360 e. The first-order valence-electron chi connectivity index (χ1n) is 5.41. The summed E-state index contributed by atoms with van der Waals surface area (Å²) in [5, 5.41) is 3.44. The van der Waals surface area contributed by atoms with E-state index in [-0.39, 0.29) is 23.2 Å². The van der Waals surface area contributed by atoms with E-state index in [0.717, 1.165) is 0 Å². The van der Waals surface area contributed by atoms with Gasteiger partial charge in [-0.3, -0.25) is 0 Å². The average molecular weight is 308 g/mol. The van der Waals surface area contributed by atoms with Gasteiger partial charge in [-0.05, 0) is 13.2 Å². The number of nitrogens with one attached hydrogen (secondary N) is 1. The summed E-state index contributed by atoms with van der Waals surface area (Å²) in [7, 11) is -2.32. The Balaban J connectivity index is 2.68. The molecule has 0 aliphatic carbocycles. The predicted octanol–water partition coefficient (Wildman–Crippen LogP) is 0.632. The minimum atomic E-state index is -3.52. The highest BCUT2D eigenvalue weighted by atomic mass is 32.2. The van der Waals surface area contributed by atoms with Crippen molar-refractivity contribution in [2.45, 2.75) is 18.7 Å². The lowest BCUT2D eigenvalue weighted by atomic mass is 10.4. The highest BCUT2D eigenvalue weighted by molar-refractivity contribution is 7.98. The van der Waals surface area contributed by atoms with Gasteiger partial charge in [0, 0.05) is 17.9 Å². The van der Waals surface area contributed by atoms with Crippen molar-refractivity contribution in [3.05, 3.63) is 17.5 Å². The number of nitrogens with zero attached hydrogens (tertiary/aromatic N) is 1. The molecule has 0 saturated carbocycles. The molecule has 1 heterocycles. The van der Waals surface area contributed by atoms with E-state index in [9.17, 15) is 13.2 Å². The van der Waals surface area contributed by atoms with Crippen LogP contribution >= 0.6 is 11.8 Å². The van der Waals surface area contributed by atoms with Crippen molar-refractivity contribution in [3.63, 3.8) is 0 Å². The molecule has 1 aromatic heterocycles. The van der Waals surface area contributed by atoms with Crippen LogP contribution in [0.15, 0.2) is 10.6 Å². The highest BCUT2D eigenvalue weighted by Gasteiger charge is 2.20. The van der Waals surface area contributed by atoms with E-state index in [4.69, 9.17) is 4.52 Å². The van der Waals surface area contributed by atoms with E-state index in [0.29, 0.717) is 5.75 Å². The smallest absolute Gasteiger partial charge is 0.360 e. The molecule has 1 atom stereocenters. The second kappa shape index (κ2) is 6.92. The number of sulfonamides is 1. The van der Waals surface area contributed by atoms with Crippen LogP contribution in [-0.2, 0) is 20.5 Å². The molecule has 1 aromatic rings. The Labute approximate surface area is 116 Å². The quantitative estimate of drug-likeness (QED) is 0.738. The average Bonchev–Trinajstić information content (AvgIpc) is 2.75. The van der Waals surface area contributed by atoms with Crippen LogP contribution in [-0.4, -0.2) is 44.7 Å². The second-order valence-electron chi connectivity index (χ2n) is 3.90. The second-order valence-corrected chi connectivity index (χ2v) is 6.57. The first-order chi connectivity index (χ1) is 8.88. The van der Waals surface area contributed by atoms with E-state index < -0.39 is 16.0 Å². The molecule has 0 bridgehead atoms. The summed E-state index contributed by atoms with van der Waals surface area (Å²) in [6.07, 6.45) is 1.89. The predicted molar refractivity (Wildman–Crippen MR) is 71.4 cm³/mol. The number of aromatic nitrogens is 1. The van der Waals surface area contributed by atoms with Gasteiger partial charge in [0.2, 0.25) is 10.0 Å². The Morgan fingerprint density at radius 2 is 2.32 bits per heavy atom. The molecule has 1 rings (SSSR count). The van der Waals surface area contributed by atoms with Crippen molar-refractivity contribution in [2.24, 2.45) is 0 Å². The van der Waals surface area contributed by atoms with Crippen LogP contribution in [0, 0.1) is 0 Å². The minimum absolute atomic E-state index is 0.0511. The van der Waals surface area contributed by atoms with Crippen molar-refractivity contribution in [3.8, 4) is 0 Å². The van der Waals surface area contributed by atoms with E-state index in [1.54, 1.807) is 18.7 Å². The van der Waals surface area contributed by atoms with Crippen LogP contribution in [0.3, 0.4) is 0 Å². The molecule has 9 heteroatoms. The zero-order valence-electron chi connectivity index (χ0n) is 10.9. The number of carbonyl (C=O) groups excluding carboxylic acids is 1. The summed E-state index contributed by atoms with van der Waals surface area (Å²) >= 11 is 1.54. The number of esters is 1. The highest BCUT2D eigenvalue weighted by Crippen LogP contribution is 2.09. The molecule has 0 radical (unpaired) electrons. The molecule has 19 heavy (non-hydrogen) atoms. The van der Waals surface area contributed by atoms with Crippen LogP contribution < -0.4 is 4.72 Å². The van der Waals surface area contributed by atoms with Gasteiger partial charge in [0.25, 0.3) is 0 Å². The van der Waals surface area contributed by atoms with Crippen LogP contribution in [0.25, 0.3) is 0 Å². The molecule has 0 spiro atoms. The number of rotatable bonds is 7. The van der Waals surface area contributed by atoms with Gasteiger partial charge < -0.3 is 9.26 Å². The third-order valence-electron chi connectivity index (χ3n) is 2.08. The molecular weight excluding hydrogens is 292 g/mol. The normalized spacial score (nSPS) is 13.2. The number of hydrogen-bond acceptors (Lipinski definition) is 7. The molecule has 0 aromatic carbocycles. The Kier molecular flexibility index (Phi) is 5.83. The van der Waals surface area contributed by atoms with Crippen molar-refractivity contribution in [2.75, 3.05) is 19.1 Å². The number of ether oxygens (including phenoxy) is 1. The van der Waals surface area contributed by atoms with Crippen LogP contribution in [0.4, 0.5) is 0 Å². The van der Waals surface area contributed by atoms with Crippen LogP contribution in [0.1, 0.15) is 23.2 Å². The molecule has 0 fully saturated rings. The molecular formula is C10H16N2O5S2. The molecule has 0 aliphatic rings. The number of methoxy groups -OCH3 is 1. The summed E-state index contributed by atoms with van der Waals surface area (Å²) < 4.78 is 35.4. The molecule has 7 nitrogen and oxygen atoms in total. The Hall–Kier alpha value is -1.06. The maximum atomic E-state index is 11.8. The van der Waals surface area contributed by atoms with Crippen molar-refractivity contribution < 1.29 is 22.5 Å². The molecule has 1 unspecified atom stereocenters. The van der Waals surface area contributed by atoms with Gasteiger partial charge in [-0.2, -0.15) is 11.8 Å². The first-order valence-corrected chi connectivity index (χ1v) is 8.45. The lowest BCUT2D eigenvalue weighted by molar-refractivity contribution is 0.0589. The summed E-state index contributed by atoms with van der Waals surface area (Å²) in [5.74, 6) is -0.279. The third kappa shape index (κ3) is 5.21. The summed E-state index contributed by atoms with van der Waals surface area (Å²) in [4.78, 5) is 11.1. The van der Waals surface area contributed by atoms with E-state index in [1.807, 2.05) is 6.26 Å². The van der Waals surface area contributed by atoms with Gasteiger partial charge in [0.15, 0.2) is 11.5 Å². The van der Waals surface area contributed by atoms with Gasteiger partial charge in [-0.25, -0.2) is 17.9 Å². The van der Waals surface area contributed by atoms with Gasteiger partial charge >= 0.3 is 5.97 Å². The van der Waals surface area contributed by atoms with Gasteiger partial charge in [0.1, 0.15) is 5.75 Å². The topological polar surface area (TPSA) is 98.5 Å². The zero-order chi connectivity index (χ0) is 14.5. The standard InChI is InChI=1S/C10H16N2O5S2/c1-7(5-18-3)12-19(14,15)6-8-4-9(11-17-8)10(13)16-2/h4,7,12H,5-6H2,1-3H3. The summed E-state index contributed by atoms with van der Waals surface area (Å²) in [6, 6.07) is 1.08. The monoisotopic (exact) mass is 308 g/mol. The lowest BCUT2D eigenvalue weighted by Gasteiger charge is -2.11. The fraction of sp³-hybridized carbons (Fsp3) is 0.600. The number of carbonyl (C=O) groups is 1. The fourth-order valence-electron chi connectivity index (χ4n) is 1.40. The number of thioether (sulfide) groups is 1. The zero-order valence-corrected chi connectivity index (χ0v) is 12.5. The van der Waals surface area contributed by atoms with Crippen molar-refractivity contribution in [1.29, 1.82) is 0 Å². The van der Waals surface area contributed by atoms with Crippen LogP contribution in [0.2, 0.25) is 0 Å². The summed E-state index contributed by atoms with van der Waals surface area (Å²) in [5.41, 5.74) is -0.0511. The molecule has 1 N–H and O–H groups in total. The van der Waals surface area contributed by atoms with E-state index >= 15 is 0 Å². The van der Waals surface area contributed by atoms with E-state index in [2.05, 4.69) is 14.6 Å². The molecule has 0 aliphatic heterocycles. The first kappa shape index (κ1) is 16.0. The van der Waals surface area contributed by atoms with Crippen LogP contribution in [0.5, 0.6) is 0 Å². The third-order valence-corrected chi connectivity index (χ3v) is 4.34. The SMILES string of the molecule is COC(=O)c1cc(CS(=O)(=O)NC(C)CSC)on1. The summed E-state index contributed by atoms with van der Waals surface area (Å²) in [6.45, 7) is 1.77.